The molecule has 2 heteroatoms. The van der Waals surface area contributed by atoms with Gasteiger partial charge in [-0.25, -0.2) is 0 Å². The molecule has 19 heavy (non-hydrogen) atoms. The summed E-state index contributed by atoms with van der Waals surface area (Å²) in [5.74, 6) is -0.577. The molecule has 1 aliphatic rings. The maximum Gasteiger partial charge on any atom is 0.276 e. The van der Waals surface area contributed by atoms with E-state index in [4.69, 9.17) is 9.47 Å². The van der Waals surface area contributed by atoms with Crippen molar-refractivity contribution < 1.29 is 9.47 Å². The van der Waals surface area contributed by atoms with Crippen molar-refractivity contribution in [3.05, 3.63) is 48.4 Å². The standard InChI is InChI=1S/C17H24O2/c1-2-3-4-5-6-10-13-17(18-14-15-19-17)16-11-8-7-9-12-16/h7-9,11-12,14-15H,2-6,10,13H2,1H3. The van der Waals surface area contributed by atoms with Crippen LogP contribution in [0, 0.1) is 0 Å². The summed E-state index contributed by atoms with van der Waals surface area (Å²) in [7, 11) is 0. The fraction of sp³-hybridized carbons (Fsp3) is 0.529. The normalized spacial score (nSPS) is 16.1. The molecule has 0 spiro atoms. The van der Waals surface area contributed by atoms with Gasteiger partial charge in [-0.1, -0.05) is 69.4 Å². The average Bonchev–Trinajstić information content (AvgIpc) is 2.94. The van der Waals surface area contributed by atoms with Gasteiger partial charge >= 0.3 is 0 Å². The molecule has 1 heterocycles. The van der Waals surface area contributed by atoms with E-state index in [2.05, 4.69) is 19.1 Å². The highest BCUT2D eigenvalue weighted by atomic mass is 16.7. The minimum atomic E-state index is -0.577. The highest BCUT2D eigenvalue weighted by Gasteiger charge is 2.37. The molecule has 0 aliphatic carbocycles. The second-order valence-corrected chi connectivity index (χ2v) is 5.14. The molecule has 2 nitrogen and oxygen atoms in total. The molecule has 2 rings (SSSR count). The lowest BCUT2D eigenvalue weighted by Crippen LogP contribution is -2.26. The lowest BCUT2D eigenvalue weighted by atomic mass is 9.98. The fourth-order valence-corrected chi connectivity index (χ4v) is 2.53. The van der Waals surface area contributed by atoms with E-state index in [-0.39, 0.29) is 0 Å². The van der Waals surface area contributed by atoms with Crippen LogP contribution in [0.15, 0.2) is 42.9 Å². The van der Waals surface area contributed by atoms with Crippen molar-refractivity contribution in [2.45, 2.75) is 57.7 Å². The summed E-state index contributed by atoms with van der Waals surface area (Å²) in [6.45, 7) is 2.25. The van der Waals surface area contributed by atoms with E-state index in [9.17, 15) is 0 Å². The highest BCUT2D eigenvalue weighted by Crippen LogP contribution is 2.36. The second kappa shape index (κ2) is 7.22. The largest absolute Gasteiger partial charge is 0.453 e. The molecule has 0 unspecified atom stereocenters. The van der Waals surface area contributed by atoms with Gasteiger partial charge in [-0.15, -0.1) is 0 Å². The van der Waals surface area contributed by atoms with Crippen molar-refractivity contribution in [3.8, 4) is 0 Å². The lowest BCUT2D eigenvalue weighted by molar-refractivity contribution is -0.156. The first-order valence-electron chi connectivity index (χ1n) is 7.43. The Bertz CT molecular complexity index is 376. The van der Waals surface area contributed by atoms with Crippen molar-refractivity contribution in [2.24, 2.45) is 0 Å². The van der Waals surface area contributed by atoms with Crippen molar-refractivity contribution in [2.75, 3.05) is 0 Å². The number of hydrogen-bond donors (Lipinski definition) is 0. The van der Waals surface area contributed by atoms with Gasteiger partial charge in [-0.3, -0.25) is 0 Å². The molecule has 1 aliphatic heterocycles. The summed E-state index contributed by atoms with van der Waals surface area (Å²) in [4.78, 5) is 0. The van der Waals surface area contributed by atoms with Crippen LogP contribution in [0.3, 0.4) is 0 Å². The Hall–Kier alpha value is -1.44. The molecule has 0 atom stereocenters. The average molecular weight is 260 g/mol. The van der Waals surface area contributed by atoms with Crippen molar-refractivity contribution in [1.82, 2.24) is 0 Å². The number of unbranched alkanes of at least 4 members (excludes halogenated alkanes) is 5. The van der Waals surface area contributed by atoms with Crippen LogP contribution in [0.5, 0.6) is 0 Å². The van der Waals surface area contributed by atoms with Crippen LogP contribution < -0.4 is 0 Å². The zero-order chi connectivity index (χ0) is 13.4. The monoisotopic (exact) mass is 260 g/mol. The number of hydrogen-bond acceptors (Lipinski definition) is 2. The summed E-state index contributed by atoms with van der Waals surface area (Å²) < 4.78 is 11.5. The number of rotatable bonds is 8. The summed E-state index contributed by atoms with van der Waals surface area (Å²) in [5.41, 5.74) is 1.11. The first-order chi connectivity index (χ1) is 9.37. The molecular formula is C17H24O2. The van der Waals surface area contributed by atoms with Crippen molar-refractivity contribution in [1.29, 1.82) is 0 Å². The Morgan fingerprint density at radius 2 is 1.47 bits per heavy atom. The molecule has 1 aromatic rings. The summed E-state index contributed by atoms with van der Waals surface area (Å²) in [5, 5.41) is 0. The predicted molar refractivity (Wildman–Crippen MR) is 77.4 cm³/mol. The van der Waals surface area contributed by atoms with Gasteiger partial charge in [0.15, 0.2) is 0 Å². The third kappa shape index (κ3) is 3.76. The topological polar surface area (TPSA) is 18.5 Å². The van der Waals surface area contributed by atoms with E-state index in [1.54, 1.807) is 12.5 Å². The Kier molecular flexibility index (Phi) is 5.31. The third-order valence-electron chi connectivity index (χ3n) is 3.65. The van der Waals surface area contributed by atoms with Crippen molar-refractivity contribution >= 4 is 0 Å². The van der Waals surface area contributed by atoms with E-state index in [0.29, 0.717) is 0 Å². The van der Waals surface area contributed by atoms with E-state index in [1.165, 1.54) is 32.1 Å². The van der Waals surface area contributed by atoms with Gasteiger partial charge in [0.1, 0.15) is 12.5 Å². The summed E-state index contributed by atoms with van der Waals surface area (Å²) in [6, 6.07) is 10.2. The molecule has 1 aromatic carbocycles. The fourth-order valence-electron chi connectivity index (χ4n) is 2.53. The van der Waals surface area contributed by atoms with Crippen LogP contribution in [-0.2, 0) is 15.3 Å². The van der Waals surface area contributed by atoms with Gasteiger partial charge < -0.3 is 9.47 Å². The molecule has 0 aromatic heterocycles. The molecular weight excluding hydrogens is 236 g/mol. The molecule has 0 saturated heterocycles. The molecule has 0 saturated carbocycles. The number of ether oxygens (including phenoxy) is 2. The van der Waals surface area contributed by atoms with E-state index in [1.807, 2.05) is 18.2 Å². The van der Waals surface area contributed by atoms with Crippen LogP contribution >= 0.6 is 0 Å². The quantitative estimate of drug-likeness (QED) is 0.605. The number of benzene rings is 1. The second-order valence-electron chi connectivity index (χ2n) is 5.14. The minimum Gasteiger partial charge on any atom is -0.453 e. The zero-order valence-corrected chi connectivity index (χ0v) is 11.8. The molecule has 0 radical (unpaired) electrons. The molecule has 0 N–H and O–H groups in total. The smallest absolute Gasteiger partial charge is 0.276 e. The zero-order valence-electron chi connectivity index (χ0n) is 11.8. The summed E-state index contributed by atoms with van der Waals surface area (Å²) >= 11 is 0. The lowest BCUT2D eigenvalue weighted by Gasteiger charge is -2.28. The molecule has 104 valence electrons. The van der Waals surface area contributed by atoms with E-state index >= 15 is 0 Å². The molecule has 0 fully saturated rings. The third-order valence-corrected chi connectivity index (χ3v) is 3.65. The van der Waals surface area contributed by atoms with Crippen LogP contribution in [0.25, 0.3) is 0 Å². The van der Waals surface area contributed by atoms with Gasteiger partial charge in [0.2, 0.25) is 0 Å². The van der Waals surface area contributed by atoms with E-state index in [0.717, 1.165) is 18.4 Å². The van der Waals surface area contributed by atoms with Crippen LogP contribution in [-0.4, -0.2) is 0 Å². The first-order valence-corrected chi connectivity index (χ1v) is 7.43. The van der Waals surface area contributed by atoms with Gasteiger partial charge in [0, 0.05) is 12.0 Å². The Morgan fingerprint density at radius 1 is 0.842 bits per heavy atom. The highest BCUT2D eigenvalue weighted by molar-refractivity contribution is 5.21. The van der Waals surface area contributed by atoms with Crippen LogP contribution in [0.1, 0.15) is 57.4 Å². The SMILES string of the molecule is CCCCCCCCC1(c2ccccc2)OC=CO1. The van der Waals surface area contributed by atoms with Gasteiger partial charge in [-0.2, -0.15) is 0 Å². The van der Waals surface area contributed by atoms with Crippen molar-refractivity contribution in [3.63, 3.8) is 0 Å². The predicted octanol–water partition coefficient (Wildman–Crippen LogP) is 5.11. The maximum absolute atomic E-state index is 5.75. The molecule has 0 amide bonds. The summed E-state index contributed by atoms with van der Waals surface area (Å²) in [6.07, 6.45) is 11.9. The van der Waals surface area contributed by atoms with Gasteiger partial charge in [-0.05, 0) is 6.42 Å². The van der Waals surface area contributed by atoms with Crippen LogP contribution in [0.2, 0.25) is 0 Å². The Balaban J connectivity index is 1.84. The molecule has 0 bridgehead atoms. The van der Waals surface area contributed by atoms with Crippen LogP contribution in [0.4, 0.5) is 0 Å². The minimum absolute atomic E-state index is 0.577. The Labute approximate surface area is 116 Å². The van der Waals surface area contributed by atoms with Gasteiger partial charge in [0.25, 0.3) is 5.79 Å². The first kappa shape index (κ1) is 14.0. The van der Waals surface area contributed by atoms with E-state index < -0.39 is 5.79 Å². The maximum atomic E-state index is 5.75. The Morgan fingerprint density at radius 3 is 2.16 bits per heavy atom. The van der Waals surface area contributed by atoms with Gasteiger partial charge in [0.05, 0.1) is 0 Å².